The molecule has 0 N–H and O–H groups in total. The van der Waals surface area contributed by atoms with Gasteiger partial charge in [-0.2, -0.15) is 0 Å². The van der Waals surface area contributed by atoms with Crippen LogP contribution in [0.3, 0.4) is 0 Å². The van der Waals surface area contributed by atoms with Gasteiger partial charge in [0.15, 0.2) is 0 Å². The molecule has 0 bridgehead atoms. The van der Waals surface area contributed by atoms with E-state index in [1.54, 1.807) is 6.92 Å². The van der Waals surface area contributed by atoms with E-state index in [9.17, 15) is 4.79 Å². The molecule has 0 aliphatic rings. The molecule has 2 heteroatoms. The monoisotopic (exact) mass is 158 g/mol. The highest BCUT2D eigenvalue weighted by atomic mass is 28.3. The van der Waals surface area contributed by atoms with Crippen molar-refractivity contribution < 1.29 is 4.79 Å². The molecule has 0 unspecified atom stereocenters. The minimum absolute atomic E-state index is 0.207. The van der Waals surface area contributed by atoms with Gasteiger partial charge in [-0.25, -0.2) is 0 Å². The van der Waals surface area contributed by atoms with Crippen LogP contribution in [0.15, 0.2) is 0 Å². The molecule has 0 amide bonds. The Labute approximate surface area is 64.8 Å². The van der Waals surface area contributed by atoms with Crippen molar-refractivity contribution in [1.29, 1.82) is 0 Å². The van der Waals surface area contributed by atoms with Crippen LogP contribution < -0.4 is 0 Å². The van der Waals surface area contributed by atoms with E-state index >= 15 is 0 Å². The molecule has 0 atom stereocenters. The summed E-state index contributed by atoms with van der Waals surface area (Å²) in [5.74, 6) is 0. The second-order valence-corrected chi connectivity index (χ2v) is 9.89. The second kappa shape index (κ2) is 2.49. The van der Waals surface area contributed by atoms with Crippen molar-refractivity contribution in [3.63, 3.8) is 0 Å². The summed E-state index contributed by atoms with van der Waals surface area (Å²) in [5, 5.41) is 0.610. The zero-order chi connectivity index (χ0) is 8.58. The summed E-state index contributed by atoms with van der Waals surface area (Å²) >= 11 is 0. The number of hydrogen-bond donors (Lipinski definition) is 0. The maximum absolute atomic E-state index is 11.2. The summed E-state index contributed by atoms with van der Waals surface area (Å²) in [4.78, 5) is 11.2. The highest BCUT2D eigenvalue weighted by Gasteiger charge is 2.39. The van der Waals surface area contributed by atoms with Gasteiger partial charge >= 0.3 is 0 Å². The lowest BCUT2D eigenvalue weighted by atomic mass is 10.2. The van der Waals surface area contributed by atoms with Crippen LogP contribution in [-0.2, 0) is 4.79 Å². The molecule has 0 saturated carbocycles. The van der Waals surface area contributed by atoms with E-state index < -0.39 is 8.07 Å². The first-order valence-electron chi connectivity index (χ1n) is 3.70. The SMILES string of the molecule is CC(=O)[Si](C)(C)C(C)(C)C. The van der Waals surface area contributed by atoms with Crippen LogP contribution in [-0.4, -0.2) is 13.5 Å². The Bertz CT molecular complexity index is 142. The van der Waals surface area contributed by atoms with Gasteiger partial charge < -0.3 is 4.79 Å². The Morgan fingerprint density at radius 1 is 1.20 bits per heavy atom. The first kappa shape index (κ1) is 9.89. The van der Waals surface area contributed by atoms with Gasteiger partial charge in [-0.05, 0) is 12.0 Å². The van der Waals surface area contributed by atoms with Crippen molar-refractivity contribution in [3.05, 3.63) is 0 Å². The number of carbonyl (C=O) groups is 1. The van der Waals surface area contributed by atoms with E-state index in [-0.39, 0.29) is 5.04 Å². The molecule has 0 aromatic carbocycles. The second-order valence-electron chi connectivity index (χ2n) is 4.43. The molecule has 0 rings (SSSR count). The third-order valence-corrected chi connectivity index (χ3v) is 8.27. The van der Waals surface area contributed by atoms with Crippen molar-refractivity contribution in [2.24, 2.45) is 0 Å². The molecule has 10 heavy (non-hydrogen) atoms. The van der Waals surface area contributed by atoms with Crippen LogP contribution in [0, 0.1) is 0 Å². The van der Waals surface area contributed by atoms with Gasteiger partial charge in [0.25, 0.3) is 0 Å². The predicted octanol–water partition coefficient (Wildman–Crippen LogP) is 2.62. The summed E-state index contributed by atoms with van der Waals surface area (Å²) < 4.78 is 0. The van der Waals surface area contributed by atoms with E-state index in [4.69, 9.17) is 0 Å². The summed E-state index contributed by atoms with van der Waals surface area (Å²) in [7, 11) is -1.62. The predicted molar refractivity (Wildman–Crippen MR) is 47.9 cm³/mol. The molecule has 0 aromatic rings. The zero-order valence-electron chi connectivity index (χ0n) is 7.91. The average Bonchev–Trinajstić information content (AvgIpc) is 1.62. The Balaban J connectivity index is 4.57. The molecular formula is C8H18OSi. The molecular weight excluding hydrogens is 140 g/mol. The van der Waals surface area contributed by atoms with E-state index in [0.717, 1.165) is 0 Å². The Morgan fingerprint density at radius 3 is 1.50 bits per heavy atom. The summed E-state index contributed by atoms with van der Waals surface area (Å²) in [6, 6.07) is 0. The largest absolute Gasteiger partial charge is 0.306 e. The van der Waals surface area contributed by atoms with E-state index in [1.807, 2.05) is 0 Å². The topological polar surface area (TPSA) is 17.1 Å². The third-order valence-electron chi connectivity index (χ3n) is 2.76. The lowest BCUT2D eigenvalue weighted by Crippen LogP contribution is -2.44. The Morgan fingerprint density at radius 2 is 1.50 bits per heavy atom. The maximum Gasteiger partial charge on any atom is 0.131 e. The Hall–Kier alpha value is -0.113. The molecule has 0 fully saturated rings. The quantitative estimate of drug-likeness (QED) is 0.536. The van der Waals surface area contributed by atoms with Crippen molar-refractivity contribution >= 4 is 13.5 Å². The smallest absolute Gasteiger partial charge is 0.131 e. The fourth-order valence-corrected chi connectivity index (χ4v) is 1.58. The van der Waals surface area contributed by atoms with Gasteiger partial charge in [-0.3, -0.25) is 0 Å². The first-order valence-corrected chi connectivity index (χ1v) is 6.70. The van der Waals surface area contributed by atoms with Gasteiger partial charge in [-0.15, -0.1) is 0 Å². The van der Waals surface area contributed by atoms with Crippen LogP contribution in [0.25, 0.3) is 0 Å². The number of hydrogen-bond acceptors (Lipinski definition) is 1. The highest BCUT2D eigenvalue weighted by molar-refractivity contribution is 7.05. The van der Waals surface area contributed by atoms with Gasteiger partial charge in [0.2, 0.25) is 0 Å². The van der Waals surface area contributed by atoms with Gasteiger partial charge in [-0.1, -0.05) is 33.9 Å². The van der Waals surface area contributed by atoms with Crippen molar-refractivity contribution in [2.75, 3.05) is 0 Å². The van der Waals surface area contributed by atoms with Gasteiger partial charge in [0.1, 0.15) is 13.5 Å². The van der Waals surface area contributed by atoms with Crippen LogP contribution in [0.1, 0.15) is 27.7 Å². The minimum Gasteiger partial charge on any atom is -0.306 e. The minimum atomic E-state index is -1.62. The number of carbonyl (C=O) groups excluding carboxylic acids is 1. The Kier molecular flexibility index (Phi) is 2.47. The standard InChI is InChI=1S/C8H18OSi/c1-7(9)10(5,6)8(2,3)4/h1-6H3. The molecule has 0 heterocycles. The van der Waals surface area contributed by atoms with Gasteiger partial charge in [0, 0.05) is 0 Å². The molecule has 0 aliphatic carbocycles. The summed E-state index contributed by atoms with van der Waals surface area (Å²) in [6.45, 7) is 12.4. The maximum atomic E-state index is 11.2. The molecule has 0 saturated heterocycles. The van der Waals surface area contributed by atoms with Crippen LogP contribution in [0.2, 0.25) is 18.1 Å². The number of rotatable bonds is 1. The molecule has 0 aromatic heterocycles. The van der Waals surface area contributed by atoms with Crippen LogP contribution in [0.4, 0.5) is 0 Å². The molecule has 0 spiro atoms. The lowest BCUT2D eigenvalue weighted by molar-refractivity contribution is -0.111. The average molecular weight is 158 g/mol. The van der Waals surface area contributed by atoms with Crippen molar-refractivity contribution in [3.8, 4) is 0 Å². The summed E-state index contributed by atoms with van der Waals surface area (Å²) in [5.41, 5.74) is 0. The summed E-state index contributed by atoms with van der Waals surface area (Å²) in [6.07, 6.45) is 0. The fourth-order valence-electron chi connectivity index (χ4n) is 0.528. The van der Waals surface area contributed by atoms with Crippen molar-refractivity contribution in [1.82, 2.24) is 0 Å². The molecule has 60 valence electrons. The molecule has 0 radical (unpaired) electrons. The van der Waals surface area contributed by atoms with Crippen LogP contribution >= 0.6 is 0 Å². The van der Waals surface area contributed by atoms with E-state index in [1.165, 1.54) is 0 Å². The van der Waals surface area contributed by atoms with Crippen molar-refractivity contribution in [2.45, 2.75) is 45.8 Å². The zero-order valence-corrected chi connectivity index (χ0v) is 8.91. The van der Waals surface area contributed by atoms with E-state index in [2.05, 4.69) is 33.9 Å². The highest BCUT2D eigenvalue weighted by Crippen LogP contribution is 2.35. The lowest BCUT2D eigenvalue weighted by Gasteiger charge is -2.33. The molecule has 1 nitrogen and oxygen atoms in total. The molecule has 0 aliphatic heterocycles. The van der Waals surface area contributed by atoms with Crippen LogP contribution in [0.5, 0.6) is 0 Å². The first-order chi connectivity index (χ1) is 4.19. The fraction of sp³-hybridized carbons (Fsp3) is 0.875. The van der Waals surface area contributed by atoms with Gasteiger partial charge in [0.05, 0.1) is 0 Å². The third kappa shape index (κ3) is 1.69. The normalized spacial score (nSPS) is 13.4. The van der Waals surface area contributed by atoms with E-state index in [0.29, 0.717) is 5.41 Å².